The second-order valence-corrected chi connectivity index (χ2v) is 6.03. The van der Waals surface area contributed by atoms with Crippen molar-refractivity contribution in [1.29, 1.82) is 0 Å². The summed E-state index contributed by atoms with van der Waals surface area (Å²) in [5, 5.41) is 4.27. The standard InChI is InChI=1S/C18H24N4O5/c1-4-10-21-13-7-5-6-8-14(13)22(18(21)26)11-9-15(23)27-12(2)16(24)20-17(25)19-3/h5-8,12H,4,9-11H2,1-3H3,(H2,19,20,24,25)/t12-/m0/s1. The summed E-state index contributed by atoms with van der Waals surface area (Å²) in [6, 6.07) is 6.70. The number of imide groups is 1. The molecule has 0 aliphatic heterocycles. The first-order valence-corrected chi connectivity index (χ1v) is 8.79. The second kappa shape index (κ2) is 9.02. The van der Waals surface area contributed by atoms with Crippen LogP contribution in [0, 0.1) is 0 Å². The minimum atomic E-state index is -1.12. The number of carbonyl (C=O) groups excluding carboxylic acids is 3. The third-order valence-electron chi connectivity index (χ3n) is 4.05. The molecule has 1 aromatic carbocycles. The number of carbonyl (C=O) groups is 3. The number of hydrogen-bond acceptors (Lipinski definition) is 5. The van der Waals surface area contributed by atoms with Crippen molar-refractivity contribution in [2.75, 3.05) is 7.05 Å². The van der Waals surface area contributed by atoms with Gasteiger partial charge >= 0.3 is 17.7 Å². The molecule has 0 aliphatic rings. The van der Waals surface area contributed by atoms with Crippen molar-refractivity contribution in [3.8, 4) is 0 Å². The molecule has 9 heteroatoms. The number of amides is 3. The molecule has 2 N–H and O–H groups in total. The van der Waals surface area contributed by atoms with Crippen LogP contribution in [0.3, 0.4) is 0 Å². The van der Waals surface area contributed by atoms with Crippen molar-refractivity contribution in [3.63, 3.8) is 0 Å². The van der Waals surface area contributed by atoms with Gasteiger partial charge in [0.05, 0.1) is 17.5 Å². The number of ether oxygens (including phenoxy) is 1. The molecule has 9 nitrogen and oxygen atoms in total. The summed E-state index contributed by atoms with van der Waals surface area (Å²) < 4.78 is 8.24. The molecule has 1 aromatic heterocycles. The maximum Gasteiger partial charge on any atom is 0.329 e. The predicted octanol–water partition coefficient (Wildman–Crippen LogP) is 0.990. The number of aromatic nitrogens is 2. The van der Waals surface area contributed by atoms with Gasteiger partial charge in [0.1, 0.15) is 0 Å². The van der Waals surface area contributed by atoms with Crippen LogP contribution in [0.25, 0.3) is 11.0 Å². The highest BCUT2D eigenvalue weighted by Crippen LogP contribution is 2.13. The molecular weight excluding hydrogens is 352 g/mol. The van der Waals surface area contributed by atoms with E-state index in [2.05, 4.69) is 5.32 Å². The van der Waals surface area contributed by atoms with E-state index in [1.54, 1.807) is 4.57 Å². The van der Waals surface area contributed by atoms with Gasteiger partial charge in [-0.3, -0.25) is 24.0 Å². The third-order valence-corrected chi connectivity index (χ3v) is 4.05. The lowest BCUT2D eigenvalue weighted by Gasteiger charge is -2.12. The van der Waals surface area contributed by atoms with Gasteiger partial charge in [0, 0.05) is 20.1 Å². The van der Waals surface area contributed by atoms with Crippen molar-refractivity contribution in [3.05, 3.63) is 34.7 Å². The summed E-state index contributed by atoms with van der Waals surface area (Å²) in [6.45, 7) is 4.09. The van der Waals surface area contributed by atoms with Crippen LogP contribution in [-0.2, 0) is 27.4 Å². The monoisotopic (exact) mass is 376 g/mol. The van der Waals surface area contributed by atoms with Crippen molar-refractivity contribution < 1.29 is 19.1 Å². The van der Waals surface area contributed by atoms with Gasteiger partial charge in [-0.2, -0.15) is 0 Å². The first-order chi connectivity index (χ1) is 12.9. The van der Waals surface area contributed by atoms with Crippen LogP contribution < -0.4 is 16.3 Å². The number of benzene rings is 1. The van der Waals surface area contributed by atoms with Gasteiger partial charge in [-0.25, -0.2) is 9.59 Å². The topological polar surface area (TPSA) is 111 Å². The molecule has 1 atom stereocenters. The molecule has 0 saturated heterocycles. The van der Waals surface area contributed by atoms with E-state index in [-0.39, 0.29) is 18.7 Å². The summed E-state index contributed by atoms with van der Waals surface area (Å²) in [5.41, 5.74) is 1.38. The molecule has 146 valence electrons. The van der Waals surface area contributed by atoms with Gasteiger partial charge in [0.25, 0.3) is 5.91 Å². The van der Waals surface area contributed by atoms with Crippen molar-refractivity contribution in [2.45, 2.75) is 45.9 Å². The SMILES string of the molecule is CCCn1c(=O)n(CCC(=O)O[C@@H](C)C(=O)NC(=O)NC)c2ccccc21. The highest BCUT2D eigenvalue weighted by Gasteiger charge is 2.20. The minimum Gasteiger partial charge on any atom is -0.452 e. The summed E-state index contributed by atoms with van der Waals surface area (Å²) in [4.78, 5) is 47.5. The summed E-state index contributed by atoms with van der Waals surface area (Å²) in [7, 11) is 1.37. The molecule has 2 aromatic rings. The van der Waals surface area contributed by atoms with E-state index in [9.17, 15) is 19.2 Å². The van der Waals surface area contributed by atoms with E-state index in [0.29, 0.717) is 6.54 Å². The zero-order chi connectivity index (χ0) is 20.0. The van der Waals surface area contributed by atoms with Crippen molar-refractivity contribution >= 4 is 28.9 Å². The smallest absolute Gasteiger partial charge is 0.329 e. The zero-order valence-electron chi connectivity index (χ0n) is 15.7. The largest absolute Gasteiger partial charge is 0.452 e. The summed E-state index contributed by atoms with van der Waals surface area (Å²) >= 11 is 0. The number of aryl methyl sites for hydroxylation is 2. The van der Waals surface area contributed by atoms with Crippen LogP contribution in [0.2, 0.25) is 0 Å². The fourth-order valence-corrected chi connectivity index (χ4v) is 2.72. The third kappa shape index (κ3) is 4.75. The van der Waals surface area contributed by atoms with E-state index < -0.39 is 24.0 Å². The highest BCUT2D eigenvalue weighted by atomic mass is 16.5. The molecule has 2 rings (SSSR count). The Hall–Kier alpha value is -3.10. The Kier molecular flexibility index (Phi) is 6.75. The molecule has 0 fully saturated rings. The Morgan fingerprint density at radius 2 is 1.70 bits per heavy atom. The Morgan fingerprint density at radius 1 is 1.11 bits per heavy atom. The lowest BCUT2D eigenvalue weighted by Crippen LogP contribution is -2.43. The fourth-order valence-electron chi connectivity index (χ4n) is 2.72. The number of imidazole rings is 1. The van der Waals surface area contributed by atoms with Gasteiger partial charge in [-0.05, 0) is 25.5 Å². The first kappa shape index (κ1) is 20.2. The zero-order valence-corrected chi connectivity index (χ0v) is 15.7. The molecule has 0 spiro atoms. The van der Waals surface area contributed by atoms with Gasteiger partial charge in [0.2, 0.25) is 0 Å². The number of fused-ring (bicyclic) bond motifs is 1. The number of nitrogens with one attached hydrogen (secondary N) is 2. The Morgan fingerprint density at radius 3 is 2.26 bits per heavy atom. The van der Waals surface area contributed by atoms with Crippen LogP contribution in [0.15, 0.2) is 29.1 Å². The Balaban J connectivity index is 2.05. The number of rotatable bonds is 7. The lowest BCUT2D eigenvalue weighted by molar-refractivity contribution is -0.154. The fraction of sp³-hybridized carbons (Fsp3) is 0.444. The summed E-state index contributed by atoms with van der Waals surface area (Å²) in [6.07, 6.45) is -0.376. The molecule has 0 unspecified atom stereocenters. The van der Waals surface area contributed by atoms with E-state index >= 15 is 0 Å². The second-order valence-electron chi connectivity index (χ2n) is 6.03. The van der Waals surface area contributed by atoms with Crippen molar-refractivity contribution in [1.82, 2.24) is 19.8 Å². The lowest BCUT2D eigenvalue weighted by atomic mass is 10.3. The van der Waals surface area contributed by atoms with E-state index in [0.717, 1.165) is 17.5 Å². The summed E-state index contributed by atoms with van der Waals surface area (Å²) in [5.74, 6) is -1.35. The molecule has 1 heterocycles. The average Bonchev–Trinajstić information content (AvgIpc) is 2.91. The van der Waals surface area contributed by atoms with Gasteiger partial charge in [0.15, 0.2) is 6.10 Å². The van der Waals surface area contributed by atoms with Crippen molar-refractivity contribution in [2.24, 2.45) is 0 Å². The molecule has 27 heavy (non-hydrogen) atoms. The predicted molar refractivity (Wildman–Crippen MR) is 99.3 cm³/mol. The maximum absolute atomic E-state index is 12.6. The number of urea groups is 1. The molecule has 3 amide bonds. The van der Waals surface area contributed by atoms with Crippen LogP contribution in [0.4, 0.5) is 4.79 Å². The van der Waals surface area contributed by atoms with Gasteiger partial charge in [-0.15, -0.1) is 0 Å². The molecule has 0 aliphatic carbocycles. The quantitative estimate of drug-likeness (QED) is 0.700. The van der Waals surface area contributed by atoms with E-state index in [4.69, 9.17) is 4.74 Å². The first-order valence-electron chi connectivity index (χ1n) is 8.79. The Labute approximate surface area is 156 Å². The highest BCUT2D eigenvalue weighted by molar-refractivity contribution is 5.97. The number of para-hydroxylation sites is 2. The molecule has 0 saturated carbocycles. The number of hydrogen-bond donors (Lipinski definition) is 2. The molecule has 0 bridgehead atoms. The van der Waals surface area contributed by atoms with E-state index in [1.807, 2.05) is 36.5 Å². The maximum atomic E-state index is 12.6. The van der Waals surface area contributed by atoms with E-state index in [1.165, 1.54) is 18.5 Å². The molecule has 0 radical (unpaired) electrons. The normalized spacial score (nSPS) is 11.8. The van der Waals surface area contributed by atoms with Gasteiger partial charge in [-0.1, -0.05) is 19.1 Å². The van der Waals surface area contributed by atoms with Gasteiger partial charge < -0.3 is 10.1 Å². The van der Waals surface area contributed by atoms with Crippen LogP contribution in [0.5, 0.6) is 0 Å². The van der Waals surface area contributed by atoms with Crippen LogP contribution >= 0.6 is 0 Å². The average molecular weight is 376 g/mol. The number of esters is 1. The molecular formula is C18H24N4O5. The van der Waals surface area contributed by atoms with Crippen LogP contribution in [0.1, 0.15) is 26.7 Å². The minimum absolute atomic E-state index is 0.0718. The number of nitrogens with zero attached hydrogens (tertiary/aromatic N) is 2. The Bertz CT molecular complexity index is 899. The van der Waals surface area contributed by atoms with Crippen LogP contribution in [-0.4, -0.2) is 40.2 Å².